The summed E-state index contributed by atoms with van der Waals surface area (Å²) in [6.45, 7) is 7.49. The molecule has 2 fully saturated rings. The number of rotatable bonds is 2. The van der Waals surface area contributed by atoms with Crippen LogP contribution >= 0.6 is 0 Å². The standard InChI is InChI=1S/C22H28FN3O3/c1-20(2,3)18-12-17(24-25-18)19(27)26-10-8-21(9-11-26)13-22(28,14-29-21)15-4-6-16(23)7-5-15/h4-7,12,28H,8-11,13-14H2,1-3H3,(H,24,25)/t22-/m0/s1. The molecule has 0 aliphatic carbocycles. The van der Waals surface area contributed by atoms with Gasteiger partial charge < -0.3 is 14.7 Å². The topological polar surface area (TPSA) is 78.5 Å². The summed E-state index contributed by atoms with van der Waals surface area (Å²) in [6, 6.07) is 7.76. The molecule has 2 aliphatic heterocycles. The first kappa shape index (κ1) is 20.0. The Kier molecular flexibility index (Phi) is 4.78. The Morgan fingerprint density at radius 1 is 1.24 bits per heavy atom. The van der Waals surface area contributed by atoms with Gasteiger partial charge in [0.2, 0.25) is 0 Å². The summed E-state index contributed by atoms with van der Waals surface area (Å²) in [5.74, 6) is -0.413. The summed E-state index contributed by atoms with van der Waals surface area (Å²) >= 11 is 0. The van der Waals surface area contributed by atoms with Crippen molar-refractivity contribution in [3.8, 4) is 0 Å². The molecule has 0 saturated carbocycles. The largest absolute Gasteiger partial charge is 0.383 e. The van der Waals surface area contributed by atoms with E-state index in [1.165, 1.54) is 12.1 Å². The van der Waals surface area contributed by atoms with Crippen LogP contribution in [0.3, 0.4) is 0 Å². The zero-order valence-corrected chi connectivity index (χ0v) is 17.2. The lowest BCUT2D eigenvalue weighted by Crippen LogP contribution is -2.47. The Morgan fingerprint density at radius 3 is 2.48 bits per heavy atom. The number of likely N-dealkylation sites (tertiary alicyclic amines) is 1. The fourth-order valence-electron chi connectivity index (χ4n) is 4.27. The van der Waals surface area contributed by atoms with E-state index in [0.717, 1.165) is 5.69 Å². The number of nitrogens with one attached hydrogen (secondary N) is 1. The number of H-pyrrole nitrogens is 1. The van der Waals surface area contributed by atoms with Gasteiger partial charge in [-0.15, -0.1) is 0 Å². The van der Waals surface area contributed by atoms with Crippen LogP contribution in [0.5, 0.6) is 0 Å². The van der Waals surface area contributed by atoms with E-state index >= 15 is 0 Å². The van der Waals surface area contributed by atoms with Gasteiger partial charge in [-0.05, 0) is 36.6 Å². The molecule has 3 heterocycles. The van der Waals surface area contributed by atoms with E-state index < -0.39 is 11.2 Å². The Balaban J connectivity index is 1.41. The lowest BCUT2D eigenvalue weighted by molar-refractivity contribution is -0.0432. The minimum atomic E-state index is -1.12. The molecule has 6 nitrogen and oxygen atoms in total. The molecular weight excluding hydrogens is 373 g/mol. The molecule has 1 aromatic carbocycles. The minimum Gasteiger partial charge on any atom is -0.383 e. The second kappa shape index (κ2) is 6.92. The van der Waals surface area contributed by atoms with Gasteiger partial charge >= 0.3 is 0 Å². The molecule has 29 heavy (non-hydrogen) atoms. The lowest BCUT2D eigenvalue weighted by Gasteiger charge is -2.38. The van der Waals surface area contributed by atoms with E-state index in [1.54, 1.807) is 17.0 Å². The molecule has 4 rings (SSSR count). The highest BCUT2D eigenvalue weighted by atomic mass is 19.1. The number of hydrogen-bond acceptors (Lipinski definition) is 4. The maximum absolute atomic E-state index is 13.2. The van der Waals surface area contributed by atoms with Crippen molar-refractivity contribution in [2.75, 3.05) is 19.7 Å². The highest BCUT2D eigenvalue weighted by molar-refractivity contribution is 5.92. The highest BCUT2D eigenvalue weighted by Gasteiger charge is 2.51. The van der Waals surface area contributed by atoms with E-state index in [9.17, 15) is 14.3 Å². The van der Waals surface area contributed by atoms with Crippen LogP contribution in [-0.4, -0.2) is 51.4 Å². The van der Waals surface area contributed by atoms with Crippen LogP contribution < -0.4 is 0 Å². The maximum atomic E-state index is 13.2. The number of hydrogen-bond donors (Lipinski definition) is 2. The van der Waals surface area contributed by atoms with Gasteiger partial charge in [0.05, 0.1) is 12.2 Å². The average Bonchev–Trinajstić information content (AvgIpc) is 3.29. The van der Waals surface area contributed by atoms with Gasteiger partial charge in [-0.25, -0.2) is 4.39 Å². The molecule has 2 N–H and O–H groups in total. The van der Waals surface area contributed by atoms with Crippen molar-refractivity contribution >= 4 is 5.91 Å². The monoisotopic (exact) mass is 401 g/mol. The Morgan fingerprint density at radius 2 is 1.90 bits per heavy atom. The number of nitrogens with zero attached hydrogens (tertiary/aromatic N) is 2. The third-order valence-corrected chi connectivity index (χ3v) is 6.18. The molecule has 1 atom stereocenters. The van der Waals surface area contributed by atoms with E-state index in [-0.39, 0.29) is 23.7 Å². The Hall–Kier alpha value is -2.25. The molecule has 7 heteroatoms. The molecule has 2 aliphatic rings. The highest BCUT2D eigenvalue weighted by Crippen LogP contribution is 2.45. The number of amides is 1. The number of carbonyl (C=O) groups excluding carboxylic acids is 1. The summed E-state index contributed by atoms with van der Waals surface area (Å²) < 4.78 is 19.3. The van der Waals surface area contributed by atoms with Crippen molar-refractivity contribution in [1.82, 2.24) is 15.1 Å². The van der Waals surface area contributed by atoms with E-state index in [4.69, 9.17) is 4.74 Å². The van der Waals surface area contributed by atoms with Crippen molar-refractivity contribution in [1.29, 1.82) is 0 Å². The molecule has 2 aromatic rings. The van der Waals surface area contributed by atoms with Gasteiger partial charge in [0.1, 0.15) is 17.1 Å². The predicted octanol–water partition coefficient (Wildman–Crippen LogP) is 3.13. The molecular formula is C22H28FN3O3. The van der Waals surface area contributed by atoms with Gasteiger partial charge in [0, 0.05) is 30.6 Å². The number of halogens is 1. The van der Waals surface area contributed by atoms with Crippen molar-refractivity contribution in [3.63, 3.8) is 0 Å². The second-order valence-electron chi connectivity index (χ2n) is 9.40. The number of aromatic amines is 1. The van der Waals surface area contributed by atoms with Crippen LogP contribution in [0.4, 0.5) is 4.39 Å². The number of aromatic nitrogens is 2. The summed E-state index contributed by atoms with van der Waals surface area (Å²) in [6.07, 6.45) is 1.75. The average molecular weight is 401 g/mol. The first-order valence-corrected chi connectivity index (χ1v) is 10.1. The second-order valence-corrected chi connectivity index (χ2v) is 9.40. The van der Waals surface area contributed by atoms with E-state index in [2.05, 4.69) is 31.0 Å². The minimum absolute atomic E-state index is 0.0848. The SMILES string of the molecule is CC(C)(C)c1cc(C(=O)N2CCC3(CC2)C[C@@](O)(c2ccc(F)cc2)CO3)n[nH]1. The smallest absolute Gasteiger partial charge is 0.274 e. The zero-order valence-electron chi connectivity index (χ0n) is 17.2. The molecule has 1 aromatic heterocycles. The predicted molar refractivity (Wildman–Crippen MR) is 106 cm³/mol. The van der Waals surface area contributed by atoms with Gasteiger partial charge in [0.15, 0.2) is 0 Å². The van der Waals surface area contributed by atoms with Crippen LogP contribution in [0.25, 0.3) is 0 Å². The Labute approximate surface area is 170 Å². The van der Waals surface area contributed by atoms with Crippen LogP contribution in [0.2, 0.25) is 0 Å². The fraction of sp³-hybridized carbons (Fsp3) is 0.545. The lowest BCUT2D eigenvalue weighted by atomic mass is 9.80. The van der Waals surface area contributed by atoms with Crippen LogP contribution in [0.15, 0.2) is 30.3 Å². The van der Waals surface area contributed by atoms with Crippen molar-refractivity contribution < 1.29 is 19.0 Å². The number of aliphatic hydroxyl groups is 1. The van der Waals surface area contributed by atoms with Crippen LogP contribution in [0.1, 0.15) is 61.8 Å². The van der Waals surface area contributed by atoms with Gasteiger partial charge in [0.25, 0.3) is 5.91 Å². The summed E-state index contributed by atoms with van der Waals surface area (Å²) in [7, 11) is 0. The summed E-state index contributed by atoms with van der Waals surface area (Å²) in [5, 5.41) is 18.2. The molecule has 0 radical (unpaired) electrons. The third-order valence-electron chi connectivity index (χ3n) is 6.18. The van der Waals surface area contributed by atoms with Gasteiger partial charge in [-0.3, -0.25) is 9.89 Å². The van der Waals surface area contributed by atoms with Crippen molar-refractivity contribution in [2.45, 2.75) is 56.7 Å². The molecule has 156 valence electrons. The number of benzene rings is 1. The third kappa shape index (κ3) is 3.81. The number of piperidine rings is 1. The maximum Gasteiger partial charge on any atom is 0.274 e. The molecule has 2 saturated heterocycles. The zero-order chi connectivity index (χ0) is 20.9. The molecule has 1 spiro atoms. The summed E-state index contributed by atoms with van der Waals surface area (Å²) in [4.78, 5) is 14.6. The summed E-state index contributed by atoms with van der Waals surface area (Å²) in [5.41, 5.74) is 0.352. The van der Waals surface area contributed by atoms with Crippen molar-refractivity contribution in [2.24, 2.45) is 0 Å². The molecule has 0 unspecified atom stereocenters. The van der Waals surface area contributed by atoms with Crippen LogP contribution in [-0.2, 0) is 15.8 Å². The van der Waals surface area contributed by atoms with Gasteiger partial charge in [-0.2, -0.15) is 5.10 Å². The Bertz CT molecular complexity index is 895. The van der Waals surface area contributed by atoms with Crippen molar-refractivity contribution in [3.05, 3.63) is 53.1 Å². The first-order valence-electron chi connectivity index (χ1n) is 10.1. The number of carbonyl (C=O) groups is 1. The van der Waals surface area contributed by atoms with E-state index in [0.29, 0.717) is 43.6 Å². The number of ether oxygens (including phenoxy) is 1. The van der Waals surface area contributed by atoms with E-state index in [1.807, 2.05) is 6.07 Å². The normalized spacial score (nSPS) is 24.2. The quantitative estimate of drug-likeness (QED) is 0.810. The first-order chi connectivity index (χ1) is 13.6. The molecule has 0 bridgehead atoms. The van der Waals surface area contributed by atoms with Gasteiger partial charge in [-0.1, -0.05) is 32.9 Å². The molecule has 1 amide bonds. The fourth-order valence-corrected chi connectivity index (χ4v) is 4.27. The van der Waals surface area contributed by atoms with Crippen LogP contribution in [0, 0.1) is 5.82 Å².